The number of amides is 1. The molecule has 2 heterocycles. The van der Waals surface area contributed by atoms with Crippen LogP contribution >= 0.6 is 0 Å². The molecule has 0 aliphatic rings. The molecule has 0 atom stereocenters. The summed E-state index contributed by atoms with van der Waals surface area (Å²) in [6.45, 7) is 2.69. The molecule has 2 aromatic heterocycles. The maximum Gasteiger partial charge on any atom is 0.259 e. The Morgan fingerprint density at radius 2 is 2.04 bits per heavy atom. The third kappa shape index (κ3) is 3.15. The van der Waals surface area contributed by atoms with Crippen molar-refractivity contribution in [2.75, 3.05) is 12.4 Å². The van der Waals surface area contributed by atoms with E-state index in [1.54, 1.807) is 23.9 Å². The van der Waals surface area contributed by atoms with Crippen LogP contribution in [0.3, 0.4) is 0 Å². The number of aryl methyl sites for hydroxylation is 1. The Bertz CT molecular complexity index is 1190. The van der Waals surface area contributed by atoms with Crippen LogP contribution in [-0.4, -0.2) is 27.8 Å². The second-order valence-electron chi connectivity index (χ2n) is 6.42. The van der Waals surface area contributed by atoms with Crippen LogP contribution in [0.5, 0.6) is 5.75 Å². The Kier molecular flexibility index (Phi) is 4.65. The Hall–Kier alpha value is -3.48. The third-order valence-corrected chi connectivity index (χ3v) is 4.51. The molecule has 142 valence electrons. The number of hydrogen-bond acceptors (Lipinski definition) is 4. The number of nitrogens with zero attached hydrogens (tertiary/aromatic N) is 3. The lowest BCUT2D eigenvalue weighted by molar-refractivity contribution is 0.102. The number of pyridine rings is 1. The van der Waals surface area contributed by atoms with E-state index in [1.807, 2.05) is 31.2 Å². The maximum absolute atomic E-state index is 14.0. The zero-order valence-electron chi connectivity index (χ0n) is 15.6. The molecule has 4 rings (SSSR count). The molecule has 0 aliphatic heterocycles. The second kappa shape index (κ2) is 7.26. The molecule has 28 heavy (non-hydrogen) atoms. The van der Waals surface area contributed by atoms with E-state index in [0.29, 0.717) is 29.1 Å². The Balaban J connectivity index is 1.83. The zero-order chi connectivity index (χ0) is 19.7. The molecule has 2 aromatic carbocycles. The van der Waals surface area contributed by atoms with Gasteiger partial charge in [0, 0.05) is 11.9 Å². The molecule has 0 bridgehead atoms. The van der Waals surface area contributed by atoms with Gasteiger partial charge in [0.05, 0.1) is 23.6 Å². The fourth-order valence-electron chi connectivity index (χ4n) is 3.14. The van der Waals surface area contributed by atoms with Crippen LogP contribution in [-0.2, 0) is 6.54 Å². The van der Waals surface area contributed by atoms with Gasteiger partial charge in [-0.15, -0.1) is 0 Å². The standard InChI is InChI=1S/C21H19FN4O2/c1-3-10-26-20-16(12-13-11-14(28-2)8-9-18(13)23-20)19(25-26)24-21(27)15-6-4-5-7-17(15)22/h4-9,11-12H,3,10H2,1-2H3,(H,24,25,27). The van der Waals surface area contributed by atoms with E-state index in [1.165, 1.54) is 12.1 Å². The first-order chi connectivity index (χ1) is 13.6. The van der Waals surface area contributed by atoms with Crippen molar-refractivity contribution in [1.82, 2.24) is 14.8 Å². The van der Waals surface area contributed by atoms with E-state index in [2.05, 4.69) is 10.4 Å². The minimum Gasteiger partial charge on any atom is -0.497 e. The molecule has 0 saturated carbocycles. The Morgan fingerprint density at radius 1 is 1.21 bits per heavy atom. The van der Waals surface area contributed by atoms with Gasteiger partial charge in [0.15, 0.2) is 11.5 Å². The predicted octanol–water partition coefficient (Wildman–Crippen LogP) is 4.39. The van der Waals surface area contributed by atoms with Crippen molar-refractivity contribution < 1.29 is 13.9 Å². The van der Waals surface area contributed by atoms with Gasteiger partial charge in [-0.05, 0) is 42.8 Å². The number of aromatic nitrogens is 3. The minimum absolute atomic E-state index is 0.0314. The number of carbonyl (C=O) groups excluding carboxylic acids is 1. The number of ether oxygens (including phenoxy) is 1. The van der Waals surface area contributed by atoms with Gasteiger partial charge in [-0.25, -0.2) is 14.1 Å². The summed E-state index contributed by atoms with van der Waals surface area (Å²) in [5.41, 5.74) is 1.44. The highest BCUT2D eigenvalue weighted by atomic mass is 19.1. The third-order valence-electron chi connectivity index (χ3n) is 4.51. The van der Waals surface area contributed by atoms with E-state index in [9.17, 15) is 9.18 Å². The summed E-state index contributed by atoms with van der Waals surface area (Å²) < 4.78 is 21.0. The molecule has 0 radical (unpaired) electrons. The highest BCUT2D eigenvalue weighted by Gasteiger charge is 2.18. The SMILES string of the molecule is CCCn1nc(NC(=O)c2ccccc2F)c2cc3cc(OC)ccc3nc21. The molecule has 7 heteroatoms. The number of fused-ring (bicyclic) bond motifs is 2. The largest absolute Gasteiger partial charge is 0.497 e. The lowest BCUT2D eigenvalue weighted by Crippen LogP contribution is -2.14. The van der Waals surface area contributed by atoms with Crippen LogP contribution < -0.4 is 10.1 Å². The van der Waals surface area contributed by atoms with E-state index < -0.39 is 11.7 Å². The normalized spacial score (nSPS) is 11.1. The van der Waals surface area contributed by atoms with Crippen molar-refractivity contribution in [3.05, 3.63) is 59.9 Å². The van der Waals surface area contributed by atoms with Crippen LogP contribution in [0.4, 0.5) is 10.2 Å². The first-order valence-electron chi connectivity index (χ1n) is 9.02. The summed E-state index contributed by atoms with van der Waals surface area (Å²) in [5.74, 6) is -0.0574. The average molecular weight is 378 g/mol. The molecule has 1 amide bonds. The first kappa shape index (κ1) is 17.9. The van der Waals surface area contributed by atoms with Gasteiger partial charge in [-0.1, -0.05) is 19.1 Å². The van der Waals surface area contributed by atoms with Gasteiger partial charge in [-0.2, -0.15) is 5.10 Å². The van der Waals surface area contributed by atoms with E-state index in [-0.39, 0.29) is 5.56 Å². The van der Waals surface area contributed by atoms with Crippen LogP contribution in [0.15, 0.2) is 48.5 Å². The lowest BCUT2D eigenvalue weighted by atomic mass is 10.1. The van der Waals surface area contributed by atoms with Crippen molar-refractivity contribution in [1.29, 1.82) is 0 Å². The summed E-state index contributed by atoms with van der Waals surface area (Å²) in [6, 6.07) is 13.4. The van der Waals surface area contributed by atoms with Gasteiger partial charge in [0.2, 0.25) is 0 Å². The van der Waals surface area contributed by atoms with E-state index >= 15 is 0 Å². The number of nitrogens with one attached hydrogen (secondary N) is 1. The number of methoxy groups -OCH3 is 1. The summed E-state index contributed by atoms with van der Waals surface area (Å²) in [6.07, 6.45) is 0.861. The fraction of sp³-hybridized carbons (Fsp3) is 0.190. The smallest absolute Gasteiger partial charge is 0.259 e. The summed E-state index contributed by atoms with van der Waals surface area (Å²) in [5, 5.41) is 8.80. The summed E-state index contributed by atoms with van der Waals surface area (Å²) in [4.78, 5) is 17.3. The highest BCUT2D eigenvalue weighted by molar-refractivity contribution is 6.09. The molecular formula is C21H19FN4O2. The minimum atomic E-state index is -0.578. The van der Waals surface area contributed by atoms with Crippen molar-refractivity contribution >= 4 is 33.7 Å². The van der Waals surface area contributed by atoms with Gasteiger partial charge in [0.25, 0.3) is 5.91 Å². The Labute approximate surface area is 160 Å². The van der Waals surface area contributed by atoms with E-state index in [4.69, 9.17) is 9.72 Å². The number of benzene rings is 2. The van der Waals surface area contributed by atoms with Gasteiger partial charge in [-0.3, -0.25) is 4.79 Å². The molecular weight excluding hydrogens is 359 g/mol. The van der Waals surface area contributed by atoms with Gasteiger partial charge in [0.1, 0.15) is 11.6 Å². The Morgan fingerprint density at radius 3 is 2.79 bits per heavy atom. The molecule has 0 unspecified atom stereocenters. The highest BCUT2D eigenvalue weighted by Crippen LogP contribution is 2.28. The van der Waals surface area contributed by atoms with Crippen molar-refractivity contribution in [2.45, 2.75) is 19.9 Å². The number of anilines is 1. The number of carbonyl (C=O) groups is 1. The molecule has 0 saturated heterocycles. The molecule has 0 fully saturated rings. The van der Waals surface area contributed by atoms with E-state index in [0.717, 1.165) is 17.3 Å². The second-order valence-corrected chi connectivity index (χ2v) is 6.42. The van der Waals surface area contributed by atoms with Crippen LogP contribution in [0.25, 0.3) is 21.9 Å². The maximum atomic E-state index is 14.0. The number of hydrogen-bond donors (Lipinski definition) is 1. The molecule has 4 aromatic rings. The monoisotopic (exact) mass is 378 g/mol. The van der Waals surface area contributed by atoms with Crippen molar-refractivity contribution in [2.24, 2.45) is 0 Å². The van der Waals surface area contributed by atoms with Gasteiger partial charge < -0.3 is 10.1 Å². The van der Waals surface area contributed by atoms with Crippen LogP contribution in [0.2, 0.25) is 0 Å². The number of halogens is 1. The summed E-state index contributed by atoms with van der Waals surface area (Å²) >= 11 is 0. The quantitative estimate of drug-likeness (QED) is 0.559. The zero-order valence-corrected chi connectivity index (χ0v) is 15.6. The molecule has 0 aliphatic carbocycles. The molecule has 1 N–H and O–H groups in total. The topological polar surface area (TPSA) is 69.0 Å². The average Bonchev–Trinajstić information content (AvgIpc) is 3.02. The molecule has 0 spiro atoms. The van der Waals surface area contributed by atoms with Crippen LogP contribution in [0, 0.1) is 5.82 Å². The lowest BCUT2D eigenvalue weighted by Gasteiger charge is -2.05. The first-order valence-corrected chi connectivity index (χ1v) is 9.02. The van der Waals surface area contributed by atoms with Crippen molar-refractivity contribution in [3.8, 4) is 5.75 Å². The van der Waals surface area contributed by atoms with Crippen LogP contribution in [0.1, 0.15) is 23.7 Å². The van der Waals surface area contributed by atoms with Gasteiger partial charge >= 0.3 is 0 Å². The molecule has 6 nitrogen and oxygen atoms in total. The summed E-state index contributed by atoms with van der Waals surface area (Å²) in [7, 11) is 1.60. The fourth-order valence-corrected chi connectivity index (χ4v) is 3.14. The van der Waals surface area contributed by atoms with Crippen molar-refractivity contribution in [3.63, 3.8) is 0 Å². The number of rotatable bonds is 5. The predicted molar refractivity (Wildman–Crippen MR) is 106 cm³/mol.